The van der Waals surface area contributed by atoms with Crippen LogP contribution in [0.2, 0.25) is 10.0 Å². The summed E-state index contributed by atoms with van der Waals surface area (Å²) in [5, 5.41) is 14.4. The lowest BCUT2D eigenvalue weighted by atomic mass is 10.1. The van der Waals surface area contributed by atoms with Crippen molar-refractivity contribution in [2.24, 2.45) is 0 Å². The van der Waals surface area contributed by atoms with Crippen LogP contribution in [0.15, 0.2) is 22.7 Å². The number of halogens is 2. The monoisotopic (exact) mass is 316 g/mol. The summed E-state index contributed by atoms with van der Waals surface area (Å²) in [7, 11) is 1.52. The molecule has 0 fully saturated rings. The molecule has 0 amide bonds. The molecule has 0 aliphatic heterocycles. The first-order valence-corrected chi connectivity index (χ1v) is 6.76. The quantitative estimate of drug-likeness (QED) is 0.886. The van der Waals surface area contributed by atoms with Gasteiger partial charge in [0, 0.05) is 13.5 Å². The maximum Gasteiger partial charge on any atom is 0.229 e. The highest BCUT2D eigenvalue weighted by molar-refractivity contribution is 6.42. The second-order valence-corrected chi connectivity index (χ2v) is 5.16. The molecule has 108 valence electrons. The molecular weight excluding hydrogens is 303 g/mol. The van der Waals surface area contributed by atoms with Crippen LogP contribution in [-0.4, -0.2) is 35.1 Å². The number of aliphatic hydroxyl groups excluding tert-OH is 1. The van der Waals surface area contributed by atoms with Crippen LogP contribution in [-0.2, 0) is 17.6 Å². The number of hydrogen-bond donors (Lipinski definition) is 1. The maximum absolute atomic E-state index is 9.58. The van der Waals surface area contributed by atoms with Crippen molar-refractivity contribution < 1.29 is 14.4 Å². The third-order valence-electron chi connectivity index (χ3n) is 2.63. The Kier molecular flexibility index (Phi) is 5.37. The minimum Gasteiger partial charge on any atom is -0.390 e. The Balaban J connectivity index is 2.00. The van der Waals surface area contributed by atoms with Gasteiger partial charge in [0.2, 0.25) is 5.89 Å². The van der Waals surface area contributed by atoms with Crippen molar-refractivity contribution >= 4 is 23.2 Å². The van der Waals surface area contributed by atoms with Crippen LogP contribution in [0.5, 0.6) is 0 Å². The molecule has 2 aromatic rings. The SMILES string of the molecule is COCC(O)Cc1nc(Cc2ccc(Cl)c(Cl)c2)no1. The lowest BCUT2D eigenvalue weighted by molar-refractivity contribution is 0.0599. The summed E-state index contributed by atoms with van der Waals surface area (Å²) in [4.78, 5) is 4.21. The number of rotatable bonds is 6. The van der Waals surface area contributed by atoms with E-state index in [1.165, 1.54) is 7.11 Å². The number of hydrogen-bond acceptors (Lipinski definition) is 5. The fourth-order valence-electron chi connectivity index (χ4n) is 1.73. The number of ether oxygens (including phenoxy) is 1. The number of aliphatic hydroxyl groups is 1. The molecule has 1 unspecified atom stereocenters. The third kappa shape index (κ3) is 4.18. The summed E-state index contributed by atoms with van der Waals surface area (Å²) in [6.07, 6.45) is 0.0986. The van der Waals surface area contributed by atoms with Gasteiger partial charge in [-0.05, 0) is 17.7 Å². The van der Waals surface area contributed by atoms with Crippen LogP contribution in [0.4, 0.5) is 0 Å². The summed E-state index contributed by atoms with van der Waals surface area (Å²) in [6.45, 7) is 0.227. The highest BCUT2D eigenvalue weighted by Gasteiger charge is 2.12. The van der Waals surface area contributed by atoms with Crippen molar-refractivity contribution in [1.82, 2.24) is 10.1 Å². The molecule has 1 atom stereocenters. The second-order valence-electron chi connectivity index (χ2n) is 4.34. The number of benzene rings is 1. The molecule has 0 bridgehead atoms. The van der Waals surface area contributed by atoms with Gasteiger partial charge in [-0.2, -0.15) is 4.98 Å². The predicted molar refractivity (Wildman–Crippen MR) is 75.2 cm³/mol. The summed E-state index contributed by atoms with van der Waals surface area (Å²) < 4.78 is 9.91. The second kappa shape index (κ2) is 7.04. The lowest BCUT2D eigenvalue weighted by Crippen LogP contribution is -2.17. The van der Waals surface area contributed by atoms with Crippen molar-refractivity contribution in [2.45, 2.75) is 18.9 Å². The first-order chi connectivity index (χ1) is 9.58. The Hall–Kier alpha value is -1.14. The van der Waals surface area contributed by atoms with E-state index < -0.39 is 6.10 Å². The number of methoxy groups -OCH3 is 1. The van der Waals surface area contributed by atoms with E-state index in [4.69, 9.17) is 32.5 Å². The average molecular weight is 317 g/mol. The van der Waals surface area contributed by atoms with Gasteiger partial charge < -0.3 is 14.4 Å². The molecule has 7 heteroatoms. The molecular formula is C13H14Cl2N2O3. The largest absolute Gasteiger partial charge is 0.390 e. The third-order valence-corrected chi connectivity index (χ3v) is 3.36. The van der Waals surface area contributed by atoms with Crippen molar-refractivity contribution in [3.63, 3.8) is 0 Å². The Labute approximate surface area is 126 Å². The Morgan fingerprint density at radius 1 is 1.35 bits per heavy atom. The zero-order valence-electron chi connectivity index (χ0n) is 10.8. The van der Waals surface area contributed by atoms with Gasteiger partial charge in [0.1, 0.15) is 0 Å². The first-order valence-electron chi connectivity index (χ1n) is 6.01. The highest BCUT2D eigenvalue weighted by Crippen LogP contribution is 2.23. The first kappa shape index (κ1) is 15.3. The molecule has 1 N–H and O–H groups in total. The van der Waals surface area contributed by atoms with Gasteiger partial charge in [-0.25, -0.2) is 0 Å². The molecule has 0 saturated carbocycles. The van der Waals surface area contributed by atoms with E-state index in [9.17, 15) is 5.11 Å². The van der Waals surface area contributed by atoms with Crippen LogP contribution in [0.25, 0.3) is 0 Å². The molecule has 20 heavy (non-hydrogen) atoms. The molecule has 2 rings (SSSR count). The highest BCUT2D eigenvalue weighted by atomic mass is 35.5. The van der Waals surface area contributed by atoms with Gasteiger partial charge in [-0.15, -0.1) is 0 Å². The Morgan fingerprint density at radius 3 is 2.85 bits per heavy atom. The zero-order chi connectivity index (χ0) is 14.5. The molecule has 1 aromatic carbocycles. The van der Waals surface area contributed by atoms with Crippen LogP contribution >= 0.6 is 23.2 Å². The van der Waals surface area contributed by atoms with E-state index in [0.29, 0.717) is 28.2 Å². The molecule has 0 saturated heterocycles. The summed E-state index contributed by atoms with van der Waals surface area (Å²) in [5.41, 5.74) is 0.934. The van der Waals surface area contributed by atoms with Crippen molar-refractivity contribution in [2.75, 3.05) is 13.7 Å². The van der Waals surface area contributed by atoms with E-state index in [-0.39, 0.29) is 13.0 Å². The van der Waals surface area contributed by atoms with Crippen LogP contribution in [0.1, 0.15) is 17.3 Å². The number of aromatic nitrogens is 2. The molecule has 0 radical (unpaired) electrons. The molecule has 1 aromatic heterocycles. The molecule has 0 spiro atoms. The average Bonchev–Trinajstić information content (AvgIpc) is 2.81. The van der Waals surface area contributed by atoms with Crippen LogP contribution in [0.3, 0.4) is 0 Å². The van der Waals surface area contributed by atoms with Crippen LogP contribution in [0, 0.1) is 0 Å². The molecule has 5 nitrogen and oxygen atoms in total. The predicted octanol–water partition coefficient (Wildman–Crippen LogP) is 2.52. The lowest BCUT2D eigenvalue weighted by Gasteiger charge is -2.04. The smallest absolute Gasteiger partial charge is 0.229 e. The minimum absolute atomic E-state index is 0.227. The van der Waals surface area contributed by atoms with E-state index >= 15 is 0 Å². The van der Waals surface area contributed by atoms with Gasteiger partial charge in [0.15, 0.2) is 5.82 Å². The van der Waals surface area contributed by atoms with Crippen molar-refractivity contribution in [3.05, 3.63) is 45.5 Å². The standard InChI is InChI=1S/C13H14Cl2N2O3/c1-19-7-9(18)6-13-16-12(17-20-13)5-8-2-3-10(14)11(15)4-8/h2-4,9,18H,5-7H2,1H3. The Morgan fingerprint density at radius 2 is 2.15 bits per heavy atom. The van der Waals surface area contributed by atoms with Gasteiger partial charge in [0.05, 0.1) is 29.2 Å². The minimum atomic E-state index is -0.654. The van der Waals surface area contributed by atoms with E-state index in [1.807, 2.05) is 6.07 Å². The van der Waals surface area contributed by atoms with Crippen molar-refractivity contribution in [1.29, 1.82) is 0 Å². The van der Waals surface area contributed by atoms with E-state index in [0.717, 1.165) is 5.56 Å². The fourth-order valence-corrected chi connectivity index (χ4v) is 2.05. The van der Waals surface area contributed by atoms with Gasteiger partial charge in [-0.3, -0.25) is 0 Å². The molecule has 0 aliphatic rings. The van der Waals surface area contributed by atoms with Crippen LogP contribution < -0.4 is 0 Å². The van der Waals surface area contributed by atoms with Crippen molar-refractivity contribution in [3.8, 4) is 0 Å². The van der Waals surface area contributed by atoms with E-state index in [2.05, 4.69) is 10.1 Å². The summed E-state index contributed by atoms with van der Waals surface area (Å²) in [6, 6.07) is 5.34. The molecule has 0 aliphatic carbocycles. The topological polar surface area (TPSA) is 68.4 Å². The van der Waals surface area contributed by atoms with Gasteiger partial charge in [-0.1, -0.05) is 34.4 Å². The van der Waals surface area contributed by atoms with E-state index in [1.54, 1.807) is 12.1 Å². The number of nitrogens with zero attached hydrogens (tertiary/aromatic N) is 2. The maximum atomic E-state index is 9.58. The molecule has 1 heterocycles. The zero-order valence-corrected chi connectivity index (χ0v) is 12.4. The summed E-state index contributed by atoms with van der Waals surface area (Å²) in [5.74, 6) is 0.910. The summed E-state index contributed by atoms with van der Waals surface area (Å²) >= 11 is 11.8. The van der Waals surface area contributed by atoms with Gasteiger partial charge >= 0.3 is 0 Å². The Bertz CT molecular complexity index is 574. The normalized spacial score (nSPS) is 12.6. The van der Waals surface area contributed by atoms with Gasteiger partial charge in [0.25, 0.3) is 0 Å². The fraction of sp³-hybridized carbons (Fsp3) is 0.385.